The molecule has 1 aromatic carbocycles. The summed E-state index contributed by atoms with van der Waals surface area (Å²) >= 11 is 0. The maximum atomic E-state index is 13.3. The predicted octanol–water partition coefficient (Wildman–Crippen LogP) is 1.94. The van der Waals surface area contributed by atoms with Crippen molar-refractivity contribution in [2.24, 2.45) is 0 Å². The number of carbonyl (C=O) groups excluding carboxylic acids is 1. The first-order valence-electron chi connectivity index (χ1n) is 5.85. The summed E-state index contributed by atoms with van der Waals surface area (Å²) < 4.78 is 40.4. The average molecular weight is 300 g/mol. The summed E-state index contributed by atoms with van der Waals surface area (Å²) in [7, 11) is 0. The van der Waals surface area contributed by atoms with Crippen LogP contribution in [0.3, 0.4) is 0 Å². The molecule has 0 aliphatic carbocycles. The van der Waals surface area contributed by atoms with Crippen LogP contribution in [0.15, 0.2) is 24.5 Å². The van der Waals surface area contributed by atoms with E-state index in [0.29, 0.717) is 17.8 Å². The Labute approximate surface area is 117 Å². The van der Waals surface area contributed by atoms with Crippen LogP contribution in [0.2, 0.25) is 0 Å². The Morgan fingerprint density at radius 1 is 1.19 bits per heavy atom. The lowest BCUT2D eigenvalue weighted by Gasteiger charge is -2.07. The average Bonchev–Trinajstić information content (AvgIpc) is 2.83. The number of hydrogen-bond acceptors (Lipinski definition) is 3. The van der Waals surface area contributed by atoms with Crippen LogP contribution in [0.25, 0.3) is 0 Å². The van der Waals surface area contributed by atoms with Crippen molar-refractivity contribution in [1.82, 2.24) is 9.78 Å². The molecule has 2 aromatic rings. The van der Waals surface area contributed by atoms with Gasteiger partial charge in [-0.2, -0.15) is 5.10 Å². The minimum atomic E-state index is -1.34. The Hall–Kier alpha value is -2.55. The molecular weight excluding hydrogens is 289 g/mol. The summed E-state index contributed by atoms with van der Waals surface area (Å²) in [4.78, 5) is 11.6. The molecule has 2 amide bonds. The molecule has 6 nitrogen and oxygen atoms in total. The van der Waals surface area contributed by atoms with Crippen molar-refractivity contribution in [1.29, 1.82) is 0 Å². The topological polar surface area (TPSA) is 79.2 Å². The monoisotopic (exact) mass is 300 g/mol. The van der Waals surface area contributed by atoms with Crippen molar-refractivity contribution in [3.8, 4) is 0 Å². The summed E-state index contributed by atoms with van der Waals surface area (Å²) in [5, 5.41) is 16.9. The first-order valence-corrected chi connectivity index (χ1v) is 5.85. The molecule has 0 aliphatic rings. The van der Waals surface area contributed by atoms with Gasteiger partial charge in [0.1, 0.15) is 5.82 Å². The fourth-order valence-corrected chi connectivity index (χ4v) is 1.56. The molecule has 0 atom stereocenters. The van der Waals surface area contributed by atoms with Crippen molar-refractivity contribution in [3.05, 3.63) is 42.0 Å². The standard InChI is InChI=1S/C12H11F3N4O2/c13-8-3-10(15)11(4-9(8)14)18-12(21)17-7-5-16-19(6-7)1-2-20/h3-6,20H,1-2H2,(H2,17,18,21). The first-order chi connectivity index (χ1) is 9.99. The van der Waals surface area contributed by atoms with Gasteiger partial charge in [0.05, 0.1) is 30.7 Å². The number of aliphatic hydroxyl groups is 1. The number of rotatable bonds is 4. The number of urea groups is 1. The van der Waals surface area contributed by atoms with E-state index in [-0.39, 0.29) is 13.2 Å². The molecule has 2 rings (SSSR count). The van der Waals surface area contributed by atoms with Crippen LogP contribution in [-0.4, -0.2) is 27.5 Å². The lowest BCUT2D eigenvalue weighted by atomic mass is 10.3. The van der Waals surface area contributed by atoms with E-state index in [4.69, 9.17) is 5.11 Å². The number of hydrogen-bond donors (Lipinski definition) is 3. The van der Waals surface area contributed by atoms with E-state index in [2.05, 4.69) is 10.4 Å². The Morgan fingerprint density at radius 2 is 1.90 bits per heavy atom. The van der Waals surface area contributed by atoms with Crippen LogP contribution in [0, 0.1) is 17.5 Å². The van der Waals surface area contributed by atoms with Gasteiger partial charge in [0, 0.05) is 18.3 Å². The molecule has 21 heavy (non-hydrogen) atoms. The molecule has 0 aliphatic heterocycles. The fourth-order valence-electron chi connectivity index (χ4n) is 1.56. The number of amides is 2. The van der Waals surface area contributed by atoms with Gasteiger partial charge in [-0.05, 0) is 0 Å². The van der Waals surface area contributed by atoms with Gasteiger partial charge in [-0.3, -0.25) is 4.68 Å². The predicted molar refractivity (Wildman–Crippen MR) is 68.3 cm³/mol. The zero-order valence-corrected chi connectivity index (χ0v) is 10.6. The molecule has 0 saturated carbocycles. The molecule has 112 valence electrons. The second-order valence-corrected chi connectivity index (χ2v) is 4.04. The van der Waals surface area contributed by atoms with Gasteiger partial charge in [-0.1, -0.05) is 0 Å². The van der Waals surface area contributed by atoms with Crippen LogP contribution in [-0.2, 0) is 6.54 Å². The highest BCUT2D eigenvalue weighted by Gasteiger charge is 2.12. The van der Waals surface area contributed by atoms with Gasteiger partial charge >= 0.3 is 6.03 Å². The molecule has 0 saturated heterocycles. The number of aliphatic hydroxyl groups excluding tert-OH is 1. The molecule has 1 aromatic heterocycles. The number of benzene rings is 1. The quantitative estimate of drug-likeness (QED) is 0.755. The van der Waals surface area contributed by atoms with Crippen LogP contribution < -0.4 is 10.6 Å². The van der Waals surface area contributed by atoms with E-state index in [1.807, 2.05) is 5.32 Å². The fraction of sp³-hybridized carbons (Fsp3) is 0.167. The van der Waals surface area contributed by atoms with E-state index in [1.54, 1.807) is 0 Å². The highest BCUT2D eigenvalue weighted by Crippen LogP contribution is 2.18. The third-order valence-corrected chi connectivity index (χ3v) is 2.48. The Bertz CT molecular complexity index is 660. The van der Waals surface area contributed by atoms with E-state index < -0.39 is 29.2 Å². The van der Waals surface area contributed by atoms with Crippen molar-refractivity contribution < 1.29 is 23.1 Å². The van der Waals surface area contributed by atoms with Gasteiger partial charge in [0.2, 0.25) is 0 Å². The maximum Gasteiger partial charge on any atom is 0.323 e. The van der Waals surface area contributed by atoms with E-state index in [9.17, 15) is 18.0 Å². The third-order valence-electron chi connectivity index (χ3n) is 2.48. The molecule has 0 unspecified atom stereocenters. The highest BCUT2D eigenvalue weighted by atomic mass is 19.2. The minimum Gasteiger partial charge on any atom is -0.394 e. The van der Waals surface area contributed by atoms with Gasteiger partial charge in [-0.25, -0.2) is 18.0 Å². The summed E-state index contributed by atoms with van der Waals surface area (Å²) in [6, 6.07) is 0.0346. The number of carbonyl (C=O) groups is 1. The minimum absolute atomic E-state index is 0.118. The first kappa shape index (κ1) is 14.9. The molecule has 0 bridgehead atoms. The highest BCUT2D eigenvalue weighted by molar-refractivity contribution is 5.99. The molecule has 1 heterocycles. The molecular formula is C12H11F3N4O2. The van der Waals surface area contributed by atoms with E-state index in [0.717, 1.165) is 0 Å². The summed E-state index contributed by atoms with van der Waals surface area (Å²) in [6.45, 7) is 0.133. The zero-order valence-electron chi connectivity index (χ0n) is 10.6. The molecule has 0 fully saturated rings. The smallest absolute Gasteiger partial charge is 0.323 e. The SMILES string of the molecule is O=C(Nc1cnn(CCO)c1)Nc1cc(F)c(F)cc1F. The summed E-state index contributed by atoms with van der Waals surface area (Å²) in [5.41, 5.74) is -0.196. The number of halogens is 3. The van der Waals surface area contributed by atoms with Crippen molar-refractivity contribution in [2.75, 3.05) is 17.2 Å². The number of nitrogens with one attached hydrogen (secondary N) is 2. The van der Waals surface area contributed by atoms with Crippen LogP contribution >= 0.6 is 0 Å². The second-order valence-electron chi connectivity index (χ2n) is 4.04. The van der Waals surface area contributed by atoms with Crippen LogP contribution in [0.1, 0.15) is 0 Å². The summed E-state index contributed by atoms with van der Waals surface area (Å²) in [6.07, 6.45) is 2.76. The van der Waals surface area contributed by atoms with Gasteiger partial charge in [0.25, 0.3) is 0 Å². The van der Waals surface area contributed by atoms with Gasteiger partial charge in [-0.15, -0.1) is 0 Å². The van der Waals surface area contributed by atoms with Gasteiger partial charge in [0.15, 0.2) is 11.6 Å². The van der Waals surface area contributed by atoms with Crippen LogP contribution in [0.4, 0.5) is 29.3 Å². The third kappa shape index (κ3) is 3.72. The summed E-state index contributed by atoms with van der Waals surface area (Å²) in [5.74, 6) is -3.72. The van der Waals surface area contributed by atoms with Crippen molar-refractivity contribution >= 4 is 17.4 Å². The lowest BCUT2D eigenvalue weighted by molar-refractivity contribution is 0.262. The molecule has 0 radical (unpaired) electrons. The van der Waals surface area contributed by atoms with Gasteiger partial charge < -0.3 is 15.7 Å². The Morgan fingerprint density at radius 3 is 2.62 bits per heavy atom. The number of aromatic nitrogens is 2. The van der Waals surface area contributed by atoms with E-state index >= 15 is 0 Å². The van der Waals surface area contributed by atoms with Crippen molar-refractivity contribution in [2.45, 2.75) is 6.54 Å². The molecule has 3 N–H and O–H groups in total. The Kier molecular flexibility index (Phi) is 4.43. The molecule has 0 spiro atoms. The van der Waals surface area contributed by atoms with E-state index in [1.165, 1.54) is 17.1 Å². The number of anilines is 2. The maximum absolute atomic E-state index is 13.3. The molecule has 9 heteroatoms. The Balaban J connectivity index is 2.02. The van der Waals surface area contributed by atoms with Crippen LogP contribution in [0.5, 0.6) is 0 Å². The zero-order chi connectivity index (χ0) is 15.4. The number of nitrogens with zero attached hydrogens (tertiary/aromatic N) is 2. The lowest BCUT2D eigenvalue weighted by Crippen LogP contribution is -2.20. The second kappa shape index (κ2) is 6.27. The normalized spacial score (nSPS) is 10.5. The largest absolute Gasteiger partial charge is 0.394 e. The van der Waals surface area contributed by atoms with Crippen molar-refractivity contribution in [3.63, 3.8) is 0 Å².